The summed E-state index contributed by atoms with van der Waals surface area (Å²) in [6.07, 6.45) is 9.56. The highest BCUT2D eigenvalue weighted by Crippen LogP contribution is 2.43. The fourth-order valence-corrected chi connectivity index (χ4v) is 7.69. The van der Waals surface area contributed by atoms with Crippen LogP contribution < -0.4 is 15.4 Å². The highest BCUT2D eigenvalue weighted by molar-refractivity contribution is 7.19. The molecular weight excluding hydrogens is 472 g/mol. The number of nitrogens with one attached hydrogen (secondary N) is 2. The molecule has 2 N–H and O–H groups in total. The molecule has 7 rings (SSSR count). The molecular formula is C27H30N6O2S. The normalized spacial score (nSPS) is 24.5. The molecule has 2 aromatic heterocycles. The molecule has 2 fully saturated rings. The van der Waals surface area contributed by atoms with Crippen LogP contribution in [0.25, 0.3) is 16.3 Å². The lowest BCUT2D eigenvalue weighted by Crippen LogP contribution is -2.49. The van der Waals surface area contributed by atoms with Gasteiger partial charge in [0.2, 0.25) is 5.91 Å². The van der Waals surface area contributed by atoms with Crippen molar-refractivity contribution in [3.05, 3.63) is 40.5 Å². The van der Waals surface area contributed by atoms with Gasteiger partial charge in [0.15, 0.2) is 0 Å². The molecule has 5 heterocycles. The van der Waals surface area contributed by atoms with Crippen LogP contribution in [-0.2, 0) is 17.6 Å². The van der Waals surface area contributed by atoms with Gasteiger partial charge in [-0.2, -0.15) is 0 Å². The van der Waals surface area contributed by atoms with Crippen molar-refractivity contribution in [2.45, 2.75) is 37.8 Å². The summed E-state index contributed by atoms with van der Waals surface area (Å²) in [5, 5.41) is 8.01. The number of benzene rings is 1. The number of likely N-dealkylation sites (N-methyl/N-ethyl adjacent to an activating group) is 1. The number of nitrogens with zero attached hydrogens (tertiary/aromatic N) is 4. The fourth-order valence-electron chi connectivity index (χ4n) is 6.42. The van der Waals surface area contributed by atoms with E-state index in [9.17, 15) is 4.79 Å². The summed E-state index contributed by atoms with van der Waals surface area (Å²) in [6.45, 7) is 2.72. The van der Waals surface area contributed by atoms with E-state index >= 15 is 0 Å². The second-order valence-corrected chi connectivity index (χ2v) is 11.5. The second kappa shape index (κ2) is 8.45. The Kier molecular flexibility index (Phi) is 5.18. The van der Waals surface area contributed by atoms with Crippen LogP contribution in [0.4, 0.5) is 17.2 Å². The molecule has 0 spiro atoms. The van der Waals surface area contributed by atoms with Gasteiger partial charge >= 0.3 is 0 Å². The summed E-state index contributed by atoms with van der Waals surface area (Å²) in [7, 11) is 3.87. The molecule has 8 nitrogen and oxygen atoms in total. The monoisotopic (exact) mass is 502 g/mol. The van der Waals surface area contributed by atoms with E-state index in [0.717, 1.165) is 84.0 Å². The minimum atomic E-state index is 0.0691. The minimum Gasteiger partial charge on any atom is -0.494 e. The van der Waals surface area contributed by atoms with Gasteiger partial charge in [-0.05, 0) is 49.9 Å². The lowest BCUT2D eigenvalue weighted by atomic mass is 9.86. The van der Waals surface area contributed by atoms with Crippen LogP contribution in [0.2, 0.25) is 0 Å². The molecule has 2 bridgehead atoms. The van der Waals surface area contributed by atoms with Crippen LogP contribution in [0.1, 0.15) is 28.8 Å². The molecule has 4 aliphatic rings. The lowest BCUT2D eigenvalue weighted by molar-refractivity contribution is -0.138. The number of methoxy groups -OCH3 is 1. The number of amides is 1. The van der Waals surface area contributed by atoms with Gasteiger partial charge in [-0.3, -0.25) is 9.69 Å². The largest absolute Gasteiger partial charge is 0.494 e. The molecule has 9 heteroatoms. The summed E-state index contributed by atoms with van der Waals surface area (Å²) in [4.78, 5) is 29.5. The second-order valence-electron chi connectivity index (χ2n) is 10.4. The van der Waals surface area contributed by atoms with E-state index in [1.807, 2.05) is 6.07 Å². The number of rotatable bonds is 4. The third kappa shape index (κ3) is 3.48. The number of piperazine rings is 1. The zero-order chi connectivity index (χ0) is 24.4. The smallest absolute Gasteiger partial charge is 0.226 e. The molecule has 3 aliphatic heterocycles. The number of thiophene rings is 1. The standard InChI is InChI=1S/C27H30N6O2S/c1-32-12-18-10-17(32)13-33(18)27(34)16-5-6-19-23(9-16)36-26-24(19)25(29-14-30-26)31-21-8-15-4-3-7-28-20(15)11-22(21)35-2/h3-4,8,11,14,16-18,28H,5-7,9-10,12-13H2,1-2H3,(H,29,30,31). The fraction of sp³-hybridized carbons (Fsp3) is 0.444. The number of carbonyl (C=O) groups is 1. The topological polar surface area (TPSA) is 82.6 Å². The van der Waals surface area contributed by atoms with E-state index in [4.69, 9.17) is 4.74 Å². The molecule has 1 amide bonds. The summed E-state index contributed by atoms with van der Waals surface area (Å²) in [6, 6.07) is 5.06. The van der Waals surface area contributed by atoms with E-state index in [1.165, 1.54) is 10.4 Å². The Morgan fingerprint density at radius 3 is 2.97 bits per heavy atom. The molecule has 0 saturated carbocycles. The van der Waals surface area contributed by atoms with E-state index < -0.39 is 0 Å². The number of anilines is 3. The first-order valence-corrected chi connectivity index (χ1v) is 13.6. The van der Waals surface area contributed by atoms with Gasteiger partial charge in [0, 0.05) is 54.3 Å². The minimum absolute atomic E-state index is 0.0691. The Balaban J connectivity index is 1.18. The first kappa shape index (κ1) is 22.1. The maximum Gasteiger partial charge on any atom is 0.226 e. The van der Waals surface area contributed by atoms with Crippen LogP contribution in [0.3, 0.4) is 0 Å². The van der Waals surface area contributed by atoms with Gasteiger partial charge in [0.25, 0.3) is 0 Å². The van der Waals surface area contributed by atoms with Crippen LogP contribution in [0, 0.1) is 5.92 Å². The first-order chi connectivity index (χ1) is 17.6. The Morgan fingerprint density at radius 1 is 1.25 bits per heavy atom. The zero-order valence-corrected chi connectivity index (χ0v) is 21.4. The average Bonchev–Trinajstić information content (AvgIpc) is 3.59. The van der Waals surface area contributed by atoms with Crippen LogP contribution >= 0.6 is 11.3 Å². The number of fused-ring (bicyclic) bond motifs is 6. The molecule has 1 aromatic carbocycles. The first-order valence-electron chi connectivity index (χ1n) is 12.7. The van der Waals surface area contributed by atoms with E-state index in [-0.39, 0.29) is 5.92 Å². The van der Waals surface area contributed by atoms with Crippen LogP contribution in [-0.4, -0.2) is 71.6 Å². The predicted molar refractivity (Wildman–Crippen MR) is 143 cm³/mol. The van der Waals surface area contributed by atoms with Gasteiger partial charge in [0.1, 0.15) is 22.7 Å². The zero-order valence-electron chi connectivity index (χ0n) is 20.6. The summed E-state index contributed by atoms with van der Waals surface area (Å²) < 4.78 is 5.69. The SMILES string of the molecule is COc1cc2c(cc1Nc1ncnc3sc4c(c13)CCC(C(=O)N1CC3CC1CN3C)C4)C=CCN2. The van der Waals surface area contributed by atoms with Gasteiger partial charge in [0.05, 0.1) is 18.2 Å². The third-order valence-corrected chi connectivity index (χ3v) is 9.49. The van der Waals surface area contributed by atoms with Gasteiger partial charge in [-0.25, -0.2) is 9.97 Å². The van der Waals surface area contributed by atoms with Crippen molar-refractivity contribution in [3.8, 4) is 5.75 Å². The van der Waals surface area contributed by atoms with Crippen molar-refractivity contribution in [2.75, 3.05) is 44.4 Å². The summed E-state index contributed by atoms with van der Waals surface area (Å²) >= 11 is 1.71. The molecule has 0 radical (unpaired) electrons. The molecule has 3 unspecified atom stereocenters. The maximum atomic E-state index is 13.5. The number of aryl methyl sites for hydroxylation is 1. The Bertz CT molecular complexity index is 1400. The Labute approximate surface area is 214 Å². The number of likely N-dealkylation sites (tertiary alicyclic amines) is 2. The lowest BCUT2D eigenvalue weighted by Gasteiger charge is -2.35. The molecule has 3 atom stereocenters. The predicted octanol–water partition coefficient (Wildman–Crippen LogP) is 3.90. The average molecular weight is 503 g/mol. The van der Waals surface area contributed by atoms with Crippen molar-refractivity contribution in [2.24, 2.45) is 5.92 Å². The highest BCUT2D eigenvalue weighted by Gasteiger charge is 2.45. The quantitative estimate of drug-likeness (QED) is 0.560. The number of carbonyl (C=O) groups excluding carboxylic acids is 1. The number of hydrogen-bond acceptors (Lipinski definition) is 8. The molecule has 186 valence electrons. The highest BCUT2D eigenvalue weighted by atomic mass is 32.1. The van der Waals surface area contributed by atoms with Crippen molar-refractivity contribution in [1.82, 2.24) is 19.8 Å². The molecule has 3 aromatic rings. The molecule has 36 heavy (non-hydrogen) atoms. The molecule has 2 saturated heterocycles. The van der Waals surface area contributed by atoms with Crippen LogP contribution in [0.15, 0.2) is 24.5 Å². The van der Waals surface area contributed by atoms with E-state index in [1.54, 1.807) is 24.8 Å². The number of ether oxygens (including phenoxy) is 1. The Hall–Kier alpha value is -3.17. The van der Waals surface area contributed by atoms with Crippen molar-refractivity contribution in [3.63, 3.8) is 0 Å². The van der Waals surface area contributed by atoms with Gasteiger partial charge < -0.3 is 20.3 Å². The summed E-state index contributed by atoms with van der Waals surface area (Å²) in [5.41, 5.74) is 4.35. The third-order valence-electron chi connectivity index (χ3n) is 8.32. The van der Waals surface area contributed by atoms with E-state index in [2.05, 4.69) is 55.7 Å². The number of aromatic nitrogens is 2. The van der Waals surface area contributed by atoms with Crippen LogP contribution in [0.5, 0.6) is 5.75 Å². The maximum absolute atomic E-state index is 13.5. The van der Waals surface area contributed by atoms with Gasteiger partial charge in [-0.1, -0.05) is 12.2 Å². The van der Waals surface area contributed by atoms with Crippen molar-refractivity contribution < 1.29 is 9.53 Å². The van der Waals surface area contributed by atoms with Gasteiger partial charge in [-0.15, -0.1) is 11.3 Å². The van der Waals surface area contributed by atoms with E-state index in [0.29, 0.717) is 18.0 Å². The number of hydrogen-bond donors (Lipinski definition) is 2. The van der Waals surface area contributed by atoms with Crippen molar-refractivity contribution >= 4 is 50.7 Å². The Morgan fingerprint density at radius 2 is 2.17 bits per heavy atom. The summed E-state index contributed by atoms with van der Waals surface area (Å²) in [5.74, 6) is 1.99. The van der Waals surface area contributed by atoms with Crippen molar-refractivity contribution in [1.29, 1.82) is 0 Å². The molecule has 1 aliphatic carbocycles.